The zero-order valence-corrected chi connectivity index (χ0v) is 12.1. The van der Waals surface area contributed by atoms with Crippen molar-refractivity contribution >= 4 is 11.6 Å². The number of benzene rings is 2. The smallest absolute Gasteiger partial charge is 0.159 e. The summed E-state index contributed by atoms with van der Waals surface area (Å²) in [6.07, 6.45) is 0.381. The normalized spacial score (nSPS) is 12.2. The molecule has 0 radical (unpaired) electrons. The van der Waals surface area contributed by atoms with Crippen LogP contribution in [-0.4, -0.2) is 7.11 Å². The maximum Gasteiger partial charge on any atom is 0.159 e. The van der Waals surface area contributed by atoms with Gasteiger partial charge in [0.1, 0.15) is 5.75 Å². The van der Waals surface area contributed by atoms with Gasteiger partial charge in [0.25, 0.3) is 0 Å². The molecule has 0 aliphatic heterocycles. The van der Waals surface area contributed by atoms with Crippen molar-refractivity contribution in [3.05, 3.63) is 64.2 Å². The minimum absolute atomic E-state index is 0.318. The fourth-order valence-corrected chi connectivity index (χ4v) is 2.30. The first kappa shape index (κ1) is 15.7. The van der Waals surface area contributed by atoms with Crippen molar-refractivity contribution in [2.24, 2.45) is 5.84 Å². The zero-order chi connectivity index (χ0) is 15.4. The molecule has 0 aliphatic rings. The number of hydrazine groups is 1. The molecule has 0 saturated heterocycles. The number of hydrogen-bond donors (Lipinski definition) is 2. The predicted octanol–water partition coefficient (Wildman–Crippen LogP) is 3.37. The van der Waals surface area contributed by atoms with Gasteiger partial charge >= 0.3 is 0 Å². The summed E-state index contributed by atoms with van der Waals surface area (Å²) >= 11 is 5.92. The molecule has 1 atom stereocenters. The van der Waals surface area contributed by atoms with E-state index < -0.39 is 11.6 Å². The summed E-state index contributed by atoms with van der Waals surface area (Å²) in [5, 5.41) is 0.541. The summed E-state index contributed by atoms with van der Waals surface area (Å²) < 4.78 is 31.5. The van der Waals surface area contributed by atoms with E-state index >= 15 is 0 Å². The van der Waals surface area contributed by atoms with Crippen molar-refractivity contribution in [2.75, 3.05) is 7.11 Å². The van der Waals surface area contributed by atoms with Crippen molar-refractivity contribution in [3.8, 4) is 5.75 Å². The molecule has 112 valence electrons. The van der Waals surface area contributed by atoms with Gasteiger partial charge in [0, 0.05) is 10.6 Å². The summed E-state index contributed by atoms with van der Waals surface area (Å²) in [5.74, 6) is 4.39. The number of nitrogens with one attached hydrogen (secondary N) is 1. The molecule has 2 aromatic carbocycles. The number of nitrogens with two attached hydrogens (primary N) is 1. The van der Waals surface area contributed by atoms with Crippen LogP contribution in [0.15, 0.2) is 36.4 Å². The van der Waals surface area contributed by atoms with Gasteiger partial charge in [-0.05, 0) is 36.2 Å². The molecule has 21 heavy (non-hydrogen) atoms. The molecule has 2 rings (SSSR count). The van der Waals surface area contributed by atoms with Crippen LogP contribution < -0.4 is 16.0 Å². The van der Waals surface area contributed by atoms with Gasteiger partial charge in [-0.3, -0.25) is 11.3 Å². The molecule has 0 spiro atoms. The zero-order valence-electron chi connectivity index (χ0n) is 11.4. The molecule has 0 bridgehead atoms. The Morgan fingerprint density at radius 1 is 1.19 bits per heavy atom. The molecule has 0 aliphatic carbocycles. The monoisotopic (exact) mass is 312 g/mol. The lowest BCUT2D eigenvalue weighted by Gasteiger charge is -2.19. The molecule has 6 heteroatoms. The molecule has 0 saturated carbocycles. The topological polar surface area (TPSA) is 47.3 Å². The van der Waals surface area contributed by atoms with Gasteiger partial charge in [0.15, 0.2) is 11.6 Å². The van der Waals surface area contributed by atoms with Gasteiger partial charge in [0.2, 0.25) is 0 Å². The van der Waals surface area contributed by atoms with Crippen molar-refractivity contribution in [1.82, 2.24) is 5.43 Å². The minimum Gasteiger partial charge on any atom is -0.496 e. The van der Waals surface area contributed by atoms with Crippen molar-refractivity contribution in [3.63, 3.8) is 0 Å². The third kappa shape index (κ3) is 3.69. The summed E-state index contributed by atoms with van der Waals surface area (Å²) in [6.45, 7) is 0. The number of ether oxygens (including phenoxy) is 1. The van der Waals surface area contributed by atoms with Gasteiger partial charge < -0.3 is 4.74 Å². The van der Waals surface area contributed by atoms with Gasteiger partial charge in [-0.1, -0.05) is 23.7 Å². The highest BCUT2D eigenvalue weighted by Gasteiger charge is 2.16. The van der Waals surface area contributed by atoms with Crippen LogP contribution in [-0.2, 0) is 6.42 Å². The maximum absolute atomic E-state index is 13.3. The lowest BCUT2D eigenvalue weighted by atomic mass is 9.98. The van der Waals surface area contributed by atoms with E-state index in [-0.39, 0.29) is 6.04 Å². The van der Waals surface area contributed by atoms with Crippen LogP contribution in [0, 0.1) is 11.6 Å². The fraction of sp³-hybridized carbons (Fsp3) is 0.200. The Morgan fingerprint density at radius 3 is 2.57 bits per heavy atom. The lowest BCUT2D eigenvalue weighted by Crippen LogP contribution is -2.30. The predicted molar refractivity (Wildman–Crippen MR) is 78.1 cm³/mol. The van der Waals surface area contributed by atoms with Crippen molar-refractivity contribution in [1.29, 1.82) is 0 Å². The third-order valence-electron chi connectivity index (χ3n) is 3.20. The van der Waals surface area contributed by atoms with Gasteiger partial charge in [0.05, 0.1) is 13.2 Å². The Morgan fingerprint density at radius 2 is 1.95 bits per heavy atom. The highest BCUT2D eigenvalue weighted by molar-refractivity contribution is 6.30. The van der Waals surface area contributed by atoms with E-state index in [1.807, 2.05) is 0 Å². The van der Waals surface area contributed by atoms with Crippen molar-refractivity contribution < 1.29 is 13.5 Å². The van der Waals surface area contributed by atoms with Gasteiger partial charge in [-0.15, -0.1) is 0 Å². The van der Waals surface area contributed by atoms with Crippen LogP contribution >= 0.6 is 11.6 Å². The molecular formula is C15H15ClF2N2O. The van der Waals surface area contributed by atoms with Crippen LogP contribution in [0.4, 0.5) is 8.78 Å². The van der Waals surface area contributed by atoms with E-state index in [4.69, 9.17) is 22.2 Å². The van der Waals surface area contributed by atoms with Crippen LogP contribution in [0.1, 0.15) is 17.2 Å². The highest BCUT2D eigenvalue weighted by atomic mass is 35.5. The fourth-order valence-electron chi connectivity index (χ4n) is 2.13. The second-order valence-electron chi connectivity index (χ2n) is 4.56. The third-order valence-corrected chi connectivity index (χ3v) is 3.43. The molecule has 2 aromatic rings. The summed E-state index contributed by atoms with van der Waals surface area (Å²) in [5.41, 5.74) is 4.06. The molecule has 0 aromatic heterocycles. The van der Waals surface area contributed by atoms with Crippen molar-refractivity contribution in [2.45, 2.75) is 12.5 Å². The highest BCUT2D eigenvalue weighted by Crippen LogP contribution is 2.30. The molecule has 0 amide bonds. The molecule has 1 unspecified atom stereocenters. The average Bonchev–Trinajstić information content (AvgIpc) is 2.48. The standard InChI is InChI=1S/C15H15ClF2N2O/c1-21-15-8-10(16)3-4-11(15)14(20-19)7-9-2-5-12(17)13(18)6-9/h2-6,8,14,20H,7,19H2,1H3. The van der Waals surface area contributed by atoms with E-state index in [2.05, 4.69) is 5.43 Å². The second kappa shape index (κ2) is 6.85. The Hall–Kier alpha value is -1.69. The molecule has 0 heterocycles. The number of rotatable bonds is 5. The molecular weight excluding hydrogens is 298 g/mol. The summed E-state index contributed by atoms with van der Waals surface area (Å²) in [6, 6.07) is 8.62. The first-order chi connectivity index (χ1) is 10.0. The van der Waals surface area contributed by atoms with Crippen LogP contribution in [0.5, 0.6) is 5.75 Å². The lowest BCUT2D eigenvalue weighted by molar-refractivity contribution is 0.399. The molecule has 0 fully saturated rings. The van der Waals surface area contributed by atoms with E-state index in [9.17, 15) is 8.78 Å². The summed E-state index contributed by atoms with van der Waals surface area (Å²) in [4.78, 5) is 0. The number of hydrogen-bond acceptors (Lipinski definition) is 3. The van der Waals surface area contributed by atoms with Gasteiger partial charge in [-0.2, -0.15) is 0 Å². The van der Waals surface area contributed by atoms with E-state index in [0.29, 0.717) is 22.8 Å². The van der Waals surface area contributed by atoms with E-state index in [0.717, 1.165) is 17.7 Å². The van der Waals surface area contributed by atoms with E-state index in [1.54, 1.807) is 18.2 Å². The quantitative estimate of drug-likeness (QED) is 0.657. The Balaban J connectivity index is 2.29. The van der Waals surface area contributed by atoms with Crippen LogP contribution in [0.25, 0.3) is 0 Å². The Bertz CT molecular complexity index is 637. The summed E-state index contributed by atoms with van der Waals surface area (Å²) in [7, 11) is 1.53. The SMILES string of the molecule is COc1cc(Cl)ccc1C(Cc1ccc(F)c(F)c1)NN. The first-order valence-electron chi connectivity index (χ1n) is 6.28. The van der Waals surface area contributed by atoms with Crippen LogP contribution in [0.3, 0.4) is 0 Å². The van der Waals surface area contributed by atoms with Crippen LogP contribution in [0.2, 0.25) is 5.02 Å². The Kier molecular flexibility index (Phi) is 5.12. The average molecular weight is 313 g/mol. The minimum atomic E-state index is -0.883. The Labute approximate surface area is 126 Å². The molecule has 3 N–H and O–H groups in total. The second-order valence-corrected chi connectivity index (χ2v) is 4.99. The van der Waals surface area contributed by atoms with Gasteiger partial charge in [-0.25, -0.2) is 8.78 Å². The largest absolute Gasteiger partial charge is 0.496 e. The number of halogens is 3. The maximum atomic E-state index is 13.3. The first-order valence-corrected chi connectivity index (χ1v) is 6.66. The number of methoxy groups -OCH3 is 1. The van der Waals surface area contributed by atoms with E-state index in [1.165, 1.54) is 13.2 Å². The molecule has 3 nitrogen and oxygen atoms in total.